The van der Waals surface area contributed by atoms with Crippen LogP contribution in [0.25, 0.3) is 5.57 Å². The number of halogens is 1. The van der Waals surface area contributed by atoms with Gasteiger partial charge < -0.3 is 0 Å². The SMILES string of the molecule is CSCC1=CS(=O)(=O)c2ccc(Cl)cc21. The van der Waals surface area contributed by atoms with Crippen molar-refractivity contribution < 1.29 is 8.42 Å². The molecule has 0 atom stereocenters. The van der Waals surface area contributed by atoms with Gasteiger partial charge in [-0.05, 0) is 35.6 Å². The lowest BCUT2D eigenvalue weighted by atomic mass is 10.1. The Kier molecular flexibility index (Phi) is 2.83. The molecular weight excluding hydrogens is 252 g/mol. The predicted molar refractivity (Wildman–Crippen MR) is 65.0 cm³/mol. The van der Waals surface area contributed by atoms with Gasteiger partial charge in [-0.2, -0.15) is 11.8 Å². The van der Waals surface area contributed by atoms with Gasteiger partial charge in [0.2, 0.25) is 9.84 Å². The van der Waals surface area contributed by atoms with Crippen molar-refractivity contribution in [3.63, 3.8) is 0 Å². The van der Waals surface area contributed by atoms with Gasteiger partial charge in [0.25, 0.3) is 0 Å². The summed E-state index contributed by atoms with van der Waals surface area (Å²) in [5, 5.41) is 1.91. The van der Waals surface area contributed by atoms with Crippen LogP contribution in [-0.2, 0) is 9.84 Å². The van der Waals surface area contributed by atoms with Crippen molar-refractivity contribution >= 4 is 38.8 Å². The lowest BCUT2D eigenvalue weighted by Crippen LogP contribution is -1.92. The van der Waals surface area contributed by atoms with Gasteiger partial charge >= 0.3 is 0 Å². The second kappa shape index (κ2) is 3.85. The highest BCUT2D eigenvalue weighted by molar-refractivity contribution is 7.99. The van der Waals surface area contributed by atoms with Crippen molar-refractivity contribution in [3.8, 4) is 0 Å². The van der Waals surface area contributed by atoms with Gasteiger partial charge in [0.05, 0.1) is 4.90 Å². The molecule has 0 unspecified atom stereocenters. The number of fused-ring (bicyclic) bond motifs is 1. The fourth-order valence-corrected chi connectivity index (χ4v) is 3.88. The number of sulfone groups is 1. The van der Waals surface area contributed by atoms with Crippen molar-refractivity contribution in [2.24, 2.45) is 0 Å². The molecule has 1 aliphatic heterocycles. The average molecular weight is 261 g/mol. The largest absolute Gasteiger partial charge is 0.219 e. The third kappa shape index (κ3) is 1.94. The predicted octanol–water partition coefficient (Wildman–Crippen LogP) is 2.83. The Balaban J connectivity index is 2.63. The van der Waals surface area contributed by atoms with Crippen molar-refractivity contribution in [3.05, 3.63) is 34.2 Å². The molecule has 0 saturated carbocycles. The monoisotopic (exact) mass is 260 g/mol. The molecule has 0 radical (unpaired) electrons. The Morgan fingerprint density at radius 3 is 2.80 bits per heavy atom. The van der Waals surface area contributed by atoms with Crippen LogP contribution < -0.4 is 0 Å². The van der Waals surface area contributed by atoms with Crippen LogP contribution in [0.5, 0.6) is 0 Å². The molecule has 15 heavy (non-hydrogen) atoms. The lowest BCUT2D eigenvalue weighted by Gasteiger charge is -2.02. The van der Waals surface area contributed by atoms with Crippen LogP contribution in [-0.4, -0.2) is 20.4 Å². The highest BCUT2D eigenvalue weighted by atomic mass is 35.5. The first-order valence-corrected chi connectivity index (χ1v) is 7.61. The molecule has 0 bridgehead atoms. The highest BCUT2D eigenvalue weighted by Crippen LogP contribution is 2.36. The van der Waals surface area contributed by atoms with E-state index in [1.54, 1.807) is 30.0 Å². The third-order valence-corrected chi connectivity index (χ3v) is 4.59. The molecule has 0 N–H and O–H groups in total. The smallest absolute Gasteiger partial charge is 0.200 e. The summed E-state index contributed by atoms with van der Waals surface area (Å²) in [4.78, 5) is 0.371. The molecule has 2 nitrogen and oxygen atoms in total. The fourth-order valence-electron chi connectivity index (χ4n) is 1.58. The Morgan fingerprint density at radius 1 is 1.40 bits per heavy atom. The molecule has 0 amide bonds. The molecule has 0 spiro atoms. The summed E-state index contributed by atoms with van der Waals surface area (Å²) in [7, 11) is -3.23. The molecule has 1 aromatic rings. The summed E-state index contributed by atoms with van der Waals surface area (Å²) in [5.74, 6) is 0.687. The number of rotatable bonds is 2. The van der Waals surface area contributed by atoms with Gasteiger partial charge in [0, 0.05) is 16.2 Å². The lowest BCUT2D eigenvalue weighted by molar-refractivity contribution is 0.605. The van der Waals surface area contributed by atoms with Crippen LogP contribution in [0.1, 0.15) is 5.56 Å². The molecule has 0 fully saturated rings. The van der Waals surface area contributed by atoms with Crippen LogP contribution in [0.2, 0.25) is 5.02 Å². The minimum atomic E-state index is -3.23. The summed E-state index contributed by atoms with van der Waals surface area (Å²) in [6, 6.07) is 4.88. The van der Waals surface area contributed by atoms with Crippen molar-refractivity contribution in [1.82, 2.24) is 0 Å². The topological polar surface area (TPSA) is 34.1 Å². The zero-order chi connectivity index (χ0) is 11.1. The first-order chi connectivity index (χ1) is 7.04. The van der Waals surface area contributed by atoms with Crippen LogP contribution >= 0.6 is 23.4 Å². The molecule has 1 heterocycles. The van der Waals surface area contributed by atoms with Crippen LogP contribution in [0.3, 0.4) is 0 Å². The minimum Gasteiger partial charge on any atom is -0.219 e. The molecule has 0 saturated heterocycles. The standard InChI is InChI=1S/C10H9ClO2S2/c1-14-5-7-6-15(12,13)10-3-2-8(11)4-9(7)10/h2-4,6H,5H2,1H3. The normalized spacial score (nSPS) is 17.3. The molecule has 5 heteroatoms. The molecule has 0 aliphatic carbocycles. The van der Waals surface area contributed by atoms with E-state index in [4.69, 9.17) is 11.6 Å². The molecular formula is C10H9ClO2S2. The zero-order valence-electron chi connectivity index (χ0n) is 8.03. The Morgan fingerprint density at radius 2 is 2.13 bits per heavy atom. The quantitative estimate of drug-likeness (QED) is 0.820. The van der Waals surface area contributed by atoms with Gasteiger partial charge in [0.15, 0.2) is 0 Å². The molecule has 1 aromatic carbocycles. The van der Waals surface area contributed by atoms with Crippen LogP contribution in [0, 0.1) is 0 Å². The Hall–Kier alpha value is -0.450. The van der Waals surface area contributed by atoms with E-state index < -0.39 is 9.84 Å². The van der Waals surface area contributed by atoms with E-state index in [2.05, 4.69) is 0 Å². The fraction of sp³-hybridized carbons (Fsp3) is 0.200. The number of benzene rings is 1. The molecule has 2 rings (SSSR count). The summed E-state index contributed by atoms with van der Waals surface area (Å²) >= 11 is 7.45. The second-order valence-electron chi connectivity index (χ2n) is 3.26. The maximum absolute atomic E-state index is 11.7. The Bertz CT molecular complexity index is 532. The Labute approximate surface area is 98.2 Å². The maximum Gasteiger partial charge on any atom is 0.200 e. The summed E-state index contributed by atoms with van der Waals surface area (Å²) in [6.45, 7) is 0. The van der Waals surface area contributed by atoms with Gasteiger partial charge in [0.1, 0.15) is 0 Å². The van der Waals surface area contributed by atoms with Gasteiger partial charge in [-0.1, -0.05) is 11.6 Å². The van der Waals surface area contributed by atoms with Gasteiger partial charge in [-0.3, -0.25) is 0 Å². The average Bonchev–Trinajstić information content (AvgIpc) is 2.39. The van der Waals surface area contributed by atoms with E-state index in [0.29, 0.717) is 15.7 Å². The number of hydrogen-bond donors (Lipinski definition) is 0. The molecule has 80 valence electrons. The maximum atomic E-state index is 11.7. The van der Waals surface area contributed by atoms with Crippen molar-refractivity contribution in [1.29, 1.82) is 0 Å². The first kappa shape index (κ1) is 11.0. The van der Waals surface area contributed by atoms with E-state index in [9.17, 15) is 8.42 Å². The van der Waals surface area contributed by atoms with Gasteiger partial charge in [-0.25, -0.2) is 8.42 Å². The number of hydrogen-bond acceptors (Lipinski definition) is 3. The summed E-state index contributed by atoms with van der Waals surface area (Å²) in [6.07, 6.45) is 1.94. The third-order valence-electron chi connectivity index (χ3n) is 2.19. The van der Waals surface area contributed by atoms with Gasteiger partial charge in [-0.15, -0.1) is 0 Å². The zero-order valence-corrected chi connectivity index (χ0v) is 10.4. The van der Waals surface area contributed by atoms with E-state index in [0.717, 1.165) is 11.1 Å². The second-order valence-corrected chi connectivity index (χ2v) is 6.33. The van der Waals surface area contributed by atoms with Crippen molar-refractivity contribution in [2.75, 3.05) is 12.0 Å². The van der Waals surface area contributed by atoms with E-state index in [-0.39, 0.29) is 0 Å². The minimum absolute atomic E-state index is 0.371. The van der Waals surface area contributed by atoms with E-state index >= 15 is 0 Å². The number of thioether (sulfide) groups is 1. The highest BCUT2D eigenvalue weighted by Gasteiger charge is 2.26. The molecule has 0 aromatic heterocycles. The van der Waals surface area contributed by atoms with Crippen LogP contribution in [0.15, 0.2) is 28.5 Å². The first-order valence-electron chi connectivity index (χ1n) is 4.29. The van der Waals surface area contributed by atoms with Crippen molar-refractivity contribution in [2.45, 2.75) is 4.90 Å². The summed E-state index contributed by atoms with van der Waals surface area (Å²) in [5.41, 5.74) is 1.58. The van der Waals surface area contributed by atoms with Crippen LogP contribution in [0.4, 0.5) is 0 Å². The van der Waals surface area contributed by atoms with E-state index in [1.165, 1.54) is 5.41 Å². The summed E-state index contributed by atoms with van der Waals surface area (Å²) < 4.78 is 23.4. The molecule has 1 aliphatic rings. The van der Waals surface area contributed by atoms with E-state index in [1.807, 2.05) is 6.26 Å².